The van der Waals surface area contributed by atoms with E-state index < -0.39 is 18.4 Å². The van der Waals surface area contributed by atoms with Crippen LogP contribution in [0.1, 0.15) is 12.8 Å². The van der Waals surface area contributed by atoms with Gasteiger partial charge in [-0.1, -0.05) is 0 Å². The maximum atomic E-state index is 12.2. The van der Waals surface area contributed by atoms with Gasteiger partial charge in [0.25, 0.3) is 0 Å². The largest absolute Gasteiger partial charge is 0.417 e. The number of aliphatic hydroxyl groups excluding tert-OH is 1. The lowest BCUT2D eigenvalue weighted by Gasteiger charge is -2.33. The minimum Gasteiger partial charge on any atom is -0.390 e. The fraction of sp³-hybridized carbons (Fsp3) is 0.778. The Morgan fingerprint density at radius 3 is 2.57 bits per heavy atom. The second-order valence-electron chi connectivity index (χ2n) is 3.37. The molecule has 0 radical (unpaired) electrons. The van der Waals surface area contributed by atoms with Gasteiger partial charge in [-0.3, -0.25) is 0 Å². The molecule has 1 heterocycles. The summed E-state index contributed by atoms with van der Waals surface area (Å²) in [6.45, 7) is -0.0363. The minimum atomic E-state index is -4.50. The standard InChI is InChI=1S/C9H11F3O2/c1-2-3-6-4-7(13)8(14-5-6)9(10,11)12/h1,6-8,13H,3-5H2. The van der Waals surface area contributed by atoms with Crippen molar-refractivity contribution in [1.29, 1.82) is 0 Å². The predicted octanol–water partition coefficient (Wildman–Crippen LogP) is 1.34. The van der Waals surface area contributed by atoms with Crippen LogP contribution in [0, 0.1) is 18.3 Å². The van der Waals surface area contributed by atoms with Crippen molar-refractivity contribution in [3.63, 3.8) is 0 Å². The summed E-state index contributed by atoms with van der Waals surface area (Å²) in [5.74, 6) is 2.17. The van der Waals surface area contributed by atoms with Crippen LogP contribution >= 0.6 is 0 Å². The number of aliphatic hydroxyl groups is 1. The smallest absolute Gasteiger partial charge is 0.390 e. The number of terminal acetylenes is 1. The first-order valence-electron chi connectivity index (χ1n) is 4.25. The lowest BCUT2D eigenvalue weighted by Crippen LogP contribution is -2.47. The van der Waals surface area contributed by atoms with Crippen molar-refractivity contribution in [3.05, 3.63) is 0 Å². The molecule has 3 atom stereocenters. The predicted molar refractivity (Wildman–Crippen MR) is 43.4 cm³/mol. The summed E-state index contributed by atoms with van der Waals surface area (Å²) < 4.78 is 41.1. The topological polar surface area (TPSA) is 29.5 Å². The van der Waals surface area contributed by atoms with Crippen LogP contribution in [0.15, 0.2) is 0 Å². The molecule has 0 aromatic heterocycles. The number of alkyl halides is 3. The second kappa shape index (κ2) is 4.20. The van der Waals surface area contributed by atoms with Crippen LogP contribution in [-0.4, -0.2) is 30.1 Å². The van der Waals surface area contributed by atoms with Gasteiger partial charge >= 0.3 is 6.18 Å². The number of hydrogen-bond acceptors (Lipinski definition) is 2. The van der Waals surface area contributed by atoms with E-state index in [1.54, 1.807) is 0 Å². The summed E-state index contributed by atoms with van der Waals surface area (Å²) in [7, 11) is 0. The van der Waals surface area contributed by atoms with Gasteiger partial charge in [0.1, 0.15) is 0 Å². The highest BCUT2D eigenvalue weighted by molar-refractivity contribution is 4.91. The van der Waals surface area contributed by atoms with Crippen molar-refractivity contribution < 1.29 is 23.0 Å². The average Bonchev–Trinajstić information content (AvgIpc) is 2.02. The summed E-state index contributed by atoms with van der Waals surface area (Å²) >= 11 is 0. The van der Waals surface area contributed by atoms with Gasteiger partial charge in [0, 0.05) is 6.42 Å². The molecular formula is C9H11F3O2. The lowest BCUT2D eigenvalue weighted by molar-refractivity contribution is -0.264. The van der Waals surface area contributed by atoms with Gasteiger partial charge in [0.15, 0.2) is 6.10 Å². The van der Waals surface area contributed by atoms with Crippen LogP contribution in [0.5, 0.6) is 0 Å². The maximum absolute atomic E-state index is 12.2. The molecule has 0 saturated carbocycles. The molecule has 1 fully saturated rings. The van der Waals surface area contributed by atoms with Gasteiger partial charge in [-0.25, -0.2) is 0 Å². The van der Waals surface area contributed by atoms with E-state index >= 15 is 0 Å². The summed E-state index contributed by atoms with van der Waals surface area (Å²) in [6, 6.07) is 0. The zero-order chi connectivity index (χ0) is 10.8. The van der Waals surface area contributed by atoms with E-state index in [1.807, 2.05) is 0 Å². The van der Waals surface area contributed by atoms with Gasteiger partial charge in [-0.15, -0.1) is 12.3 Å². The Bertz CT molecular complexity index is 231. The molecular weight excluding hydrogens is 197 g/mol. The first kappa shape index (κ1) is 11.3. The van der Waals surface area contributed by atoms with Gasteiger partial charge in [0.05, 0.1) is 12.7 Å². The first-order chi connectivity index (χ1) is 6.45. The molecule has 1 aliphatic heterocycles. The highest BCUT2D eigenvalue weighted by atomic mass is 19.4. The molecule has 0 aromatic rings. The zero-order valence-corrected chi connectivity index (χ0v) is 7.42. The van der Waals surface area contributed by atoms with Crippen LogP contribution < -0.4 is 0 Å². The lowest BCUT2D eigenvalue weighted by atomic mass is 9.93. The Hall–Kier alpha value is -0.730. The average molecular weight is 208 g/mol. The molecule has 1 saturated heterocycles. The molecule has 1 N–H and O–H groups in total. The van der Waals surface area contributed by atoms with Crippen molar-refractivity contribution in [1.82, 2.24) is 0 Å². The summed E-state index contributed by atoms with van der Waals surface area (Å²) in [5, 5.41) is 9.19. The Kier molecular flexibility index (Phi) is 3.40. The van der Waals surface area contributed by atoms with Gasteiger partial charge in [-0.2, -0.15) is 13.2 Å². The number of hydrogen-bond donors (Lipinski definition) is 1. The van der Waals surface area contributed by atoms with E-state index in [4.69, 9.17) is 6.42 Å². The Morgan fingerprint density at radius 1 is 1.50 bits per heavy atom. The van der Waals surface area contributed by atoms with Crippen molar-refractivity contribution in [2.24, 2.45) is 5.92 Å². The Morgan fingerprint density at radius 2 is 2.14 bits per heavy atom. The maximum Gasteiger partial charge on any atom is 0.417 e. The third-order valence-electron chi connectivity index (χ3n) is 2.16. The van der Waals surface area contributed by atoms with Crippen molar-refractivity contribution in [3.8, 4) is 12.3 Å². The summed E-state index contributed by atoms with van der Waals surface area (Å²) in [4.78, 5) is 0. The van der Waals surface area contributed by atoms with Crippen LogP contribution in [-0.2, 0) is 4.74 Å². The van der Waals surface area contributed by atoms with Gasteiger partial charge < -0.3 is 9.84 Å². The molecule has 0 spiro atoms. The quantitative estimate of drug-likeness (QED) is 0.659. The van der Waals surface area contributed by atoms with E-state index in [-0.39, 0.29) is 18.9 Å². The third kappa shape index (κ3) is 2.63. The second-order valence-corrected chi connectivity index (χ2v) is 3.37. The molecule has 2 nitrogen and oxygen atoms in total. The molecule has 80 valence electrons. The van der Waals surface area contributed by atoms with Crippen molar-refractivity contribution in [2.45, 2.75) is 31.2 Å². The number of halogens is 3. The monoisotopic (exact) mass is 208 g/mol. The summed E-state index contributed by atoms with van der Waals surface area (Å²) in [6.07, 6.45) is -2.66. The van der Waals surface area contributed by atoms with Crippen molar-refractivity contribution >= 4 is 0 Å². The molecule has 5 heteroatoms. The van der Waals surface area contributed by atoms with Gasteiger partial charge in [-0.05, 0) is 12.3 Å². The van der Waals surface area contributed by atoms with E-state index in [2.05, 4.69) is 10.7 Å². The van der Waals surface area contributed by atoms with E-state index in [0.29, 0.717) is 6.42 Å². The van der Waals surface area contributed by atoms with Crippen LogP contribution in [0.25, 0.3) is 0 Å². The van der Waals surface area contributed by atoms with Crippen LogP contribution in [0.3, 0.4) is 0 Å². The normalized spacial score (nSPS) is 33.8. The number of rotatable bonds is 1. The molecule has 0 aromatic carbocycles. The van der Waals surface area contributed by atoms with E-state index in [0.717, 1.165) is 0 Å². The van der Waals surface area contributed by atoms with Gasteiger partial charge in [0.2, 0.25) is 0 Å². The van der Waals surface area contributed by atoms with Crippen molar-refractivity contribution in [2.75, 3.05) is 6.61 Å². The Labute approximate surface area is 80.1 Å². The summed E-state index contributed by atoms with van der Waals surface area (Å²) in [5.41, 5.74) is 0. The molecule has 0 bridgehead atoms. The fourth-order valence-electron chi connectivity index (χ4n) is 1.51. The first-order valence-corrected chi connectivity index (χ1v) is 4.25. The molecule has 3 unspecified atom stereocenters. The van der Waals surface area contributed by atoms with E-state index in [1.165, 1.54) is 0 Å². The minimum absolute atomic E-state index is 0.0363. The molecule has 1 aliphatic rings. The number of ether oxygens (including phenoxy) is 1. The fourth-order valence-corrected chi connectivity index (χ4v) is 1.51. The molecule has 14 heavy (non-hydrogen) atoms. The Balaban J connectivity index is 2.53. The van der Waals surface area contributed by atoms with Crippen LogP contribution in [0.2, 0.25) is 0 Å². The zero-order valence-electron chi connectivity index (χ0n) is 7.42. The highest BCUT2D eigenvalue weighted by Gasteiger charge is 2.48. The van der Waals surface area contributed by atoms with E-state index in [9.17, 15) is 18.3 Å². The van der Waals surface area contributed by atoms with Crippen LogP contribution in [0.4, 0.5) is 13.2 Å². The third-order valence-corrected chi connectivity index (χ3v) is 2.16. The highest BCUT2D eigenvalue weighted by Crippen LogP contribution is 2.32. The molecule has 0 aliphatic carbocycles. The molecule has 1 rings (SSSR count). The SMILES string of the molecule is C#CCC1COC(C(F)(F)F)C(O)C1. The molecule has 0 amide bonds.